The third-order valence-corrected chi connectivity index (χ3v) is 7.25. The van der Waals surface area contributed by atoms with Crippen molar-refractivity contribution < 1.29 is 29.3 Å². The average molecular weight is 441 g/mol. The SMILES string of the molecule is CN1C(NC(=O)OC(C)(C)C)=N[C@](C)(c2sc(C(=O)O)cc2Cl)CS1(=O)=O.[2HH]. The predicted molar refractivity (Wildman–Crippen MR) is 104 cm³/mol. The van der Waals surface area contributed by atoms with Crippen molar-refractivity contribution in [1.82, 2.24) is 9.62 Å². The van der Waals surface area contributed by atoms with Crippen LogP contribution >= 0.6 is 22.9 Å². The number of carboxylic acid groups (broad SMARTS) is 1. The number of hydrogen-bond donors (Lipinski definition) is 2. The number of aromatic carboxylic acids is 1. The van der Waals surface area contributed by atoms with E-state index in [4.69, 9.17) is 21.4 Å². The Morgan fingerprint density at radius 1 is 1.48 bits per heavy atom. The summed E-state index contributed by atoms with van der Waals surface area (Å²) >= 11 is 6.98. The molecule has 0 bridgehead atoms. The van der Waals surface area contributed by atoms with Gasteiger partial charge in [-0.1, -0.05) is 11.6 Å². The maximum atomic E-state index is 12.6. The molecule has 27 heavy (non-hydrogen) atoms. The molecule has 0 radical (unpaired) electrons. The highest BCUT2D eigenvalue weighted by Gasteiger charge is 2.44. The molecule has 1 aliphatic rings. The van der Waals surface area contributed by atoms with Gasteiger partial charge in [0.15, 0.2) is 0 Å². The molecule has 0 unspecified atom stereocenters. The first-order chi connectivity index (χ1) is 12.1. The first kappa shape index (κ1) is 21.5. The van der Waals surface area contributed by atoms with E-state index in [0.717, 1.165) is 15.6 Å². The van der Waals surface area contributed by atoms with Crippen LogP contribution in [0.25, 0.3) is 0 Å². The van der Waals surface area contributed by atoms with Crippen molar-refractivity contribution in [2.24, 2.45) is 4.99 Å². The minimum atomic E-state index is -3.85. The molecule has 1 amide bonds. The van der Waals surface area contributed by atoms with E-state index in [1.165, 1.54) is 20.0 Å². The van der Waals surface area contributed by atoms with Crippen molar-refractivity contribution in [3.05, 3.63) is 20.8 Å². The van der Waals surface area contributed by atoms with Crippen LogP contribution in [0.1, 0.15) is 43.7 Å². The lowest BCUT2D eigenvalue weighted by Gasteiger charge is -2.35. The number of ether oxygens (including phenoxy) is 1. The highest BCUT2D eigenvalue weighted by molar-refractivity contribution is 7.89. The molecular weight excluding hydrogens is 418 g/mol. The molecule has 1 aromatic rings. The first-order valence-electron chi connectivity index (χ1n) is 7.74. The fraction of sp³-hybridized carbons (Fsp3) is 0.533. The van der Waals surface area contributed by atoms with E-state index in [0.29, 0.717) is 0 Å². The maximum Gasteiger partial charge on any atom is 0.414 e. The average Bonchev–Trinajstić information content (AvgIpc) is 2.85. The summed E-state index contributed by atoms with van der Waals surface area (Å²) in [6.07, 6.45) is -0.865. The van der Waals surface area contributed by atoms with Crippen LogP contribution in [0, 0.1) is 0 Å². The fourth-order valence-electron chi connectivity index (χ4n) is 2.38. The summed E-state index contributed by atoms with van der Waals surface area (Å²) in [4.78, 5) is 27.8. The number of carboxylic acids is 1. The minimum Gasteiger partial charge on any atom is -0.477 e. The molecule has 0 saturated heterocycles. The number of nitrogens with one attached hydrogen (secondary N) is 1. The second kappa shape index (κ2) is 6.95. The number of rotatable bonds is 2. The summed E-state index contributed by atoms with van der Waals surface area (Å²) in [5.74, 6) is -1.85. The molecule has 1 aliphatic heterocycles. The van der Waals surface area contributed by atoms with Crippen molar-refractivity contribution >= 4 is 51.0 Å². The van der Waals surface area contributed by atoms with E-state index < -0.39 is 39.0 Å². The molecule has 0 aromatic carbocycles. The first-order valence-corrected chi connectivity index (χ1v) is 10.5. The van der Waals surface area contributed by atoms with Gasteiger partial charge < -0.3 is 9.84 Å². The largest absolute Gasteiger partial charge is 0.477 e. The summed E-state index contributed by atoms with van der Waals surface area (Å²) in [5.41, 5.74) is -2.15. The van der Waals surface area contributed by atoms with Gasteiger partial charge in [0.2, 0.25) is 16.0 Å². The molecule has 1 aromatic heterocycles. The number of alkyl carbamates (subject to hydrolysis) is 1. The molecule has 2 N–H and O–H groups in total. The number of sulfonamides is 1. The van der Waals surface area contributed by atoms with Crippen LogP contribution in [0.2, 0.25) is 5.02 Å². The fourth-order valence-corrected chi connectivity index (χ4v) is 5.40. The van der Waals surface area contributed by atoms with Gasteiger partial charge >= 0.3 is 12.1 Å². The van der Waals surface area contributed by atoms with Gasteiger partial charge in [-0.15, -0.1) is 11.3 Å². The third kappa shape index (κ3) is 4.71. The van der Waals surface area contributed by atoms with Gasteiger partial charge in [0, 0.05) is 8.47 Å². The van der Waals surface area contributed by atoms with Crippen molar-refractivity contribution in [2.75, 3.05) is 12.8 Å². The Hall–Kier alpha value is -1.85. The zero-order valence-electron chi connectivity index (χ0n) is 15.4. The standard InChI is InChI=1S/C15H20ClN3O6S2.H2/c1-14(2,3)25-13(22)17-12-18-15(4,7-27(23,24)19(12)5)10-8(16)6-9(26-10)11(20)21;/h6H,7H2,1-5H3,(H,20,21)(H,17,18,22);1H/t15-;/m0./s1/i;1+1. The van der Waals surface area contributed by atoms with Gasteiger partial charge in [-0.05, 0) is 33.8 Å². The second-order valence-corrected chi connectivity index (χ2v) is 10.6. The molecule has 2 rings (SSSR count). The number of carbonyl (C=O) groups excluding carboxylic acids is 1. The van der Waals surface area contributed by atoms with Crippen LogP contribution in [0.4, 0.5) is 4.79 Å². The summed E-state index contributed by atoms with van der Waals surface area (Å²) in [5, 5.41) is 11.6. The van der Waals surface area contributed by atoms with Gasteiger partial charge in [-0.3, -0.25) is 5.32 Å². The number of nitrogens with zero attached hydrogens (tertiary/aromatic N) is 2. The minimum absolute atomic E-state index is 0. The molecular formula is C15H22ClN3O6S2. The topological polar surface area (TPSA) is 125 Å². The Kier molecular flexibility index (Phi) is 5.52. The van der Waals surface area contributed by atoms with E-state index in [1.54, 1.807) is 20.8 Å². The number of thiophene rings is 1. The van der Waals surface area contributed by atoms with E-state index in [1.807, 2.05) is 0 Å². The predicted octanol–water partition coefficient (Wildman–Crippen LogP) is 2.72. The molecule has 9 nitrogen and oxygen atoms in total. The number of aliphatic imine (C=N–C) groups is 1. The Morgan fingerprint density at radius 2 is 2.07 bits per heavy atom. The van der Waals surface area contributed by atoms with Crippen molar-refractivity contribution in [1.29, 1.82) is 0 Å². The molecule has 1 atom stereocenters. The van der Waals surface area contributed by atoms with Crippen LogP contribution in [0.3, 0.4) is 0 Å². The van der Waals surface area contributed by atoms with Gasteiger partial charge in [0.25, 0.3) is 0 Å². The van der Waals surface area contributed by atoms with Crippen LogP contribution in [0.15, 0.2) is 11.1 Å². The van der Waals surface area contributed by atoms with Gasteiger partial charge in [-0.25, -0.2) is 27.3 Å². The molecule has 0 spiro atoms. The Bertz CT molecular complexity index is 925. The summed E-state index contributed by atoms with van der Waals surface area (Å²) in [6, 6.07) is 1.25. The second-order valence-electron chi connectivity index (χ2n) is 7.15. The van der Waals surface area contributed by atoms with Crippen LogP contribution in [0.5, 0.6) is 0 Å². The van der Waals surface area contributed by atoms with Gasteiger partial charge in [0.1, 0.15) is 16.0 Å². The van der Waals surface area contributed by atoms with E-state index in [9.17, 15) is 18.0 Å². The van der Waals surface area contributed by atoms with Crippen LogP contribution < -0.4 is 5.32 Å². The maximum absolute atomic E-state index is 12.6. The molecule has 152 valence electrons. The summed E-state index contributed by atoms with van der Waals surface area (Å²) in [7, 11) is -2.60. The van der Waals surface area contributed by atoms with Gasteiger partial charge in [-0.2, -0.15) is 0 Å². The lowest BCUT2D eigenvalue weighted by atomic mass is 10.0. The lowest BCUT2D eigenvalue weighted by molar-refractivity contribution is 0.0558. The highest BCUT2D eigenvalue weighted by Crippen LogP contribution is 2.41. The van der Waals surface area contributed by atoms with Crippen molar-refractivity contribution in [3.63, 3.8) is 0 Å². The number of carbonyl (C=O) groups is 2. The van der Waals surface area contributed by atoms with E-state index >= 15 is 0 Å². The number of hydrogen-bond acceptors (Lipinski definition) is 7. The lowest BCUT2D eigenvalue weighted by Crippen LogP contribution is -2.53. The summed E-state index contributed by atoms with van der Waals surface area (Å²) in [6.45, 7) is 6.51. The normalized spacial score (nSPS) is 22.1. The molecule has 0 aliphatic carbocycles. The number of guanidine groups is 1. The van der Waals surface area contributed by atoms with Crippen LogP contribution in [-0.2, 0) is 20.3 Å². The Balaban J connectivity index is 0.00000392. The molecule has 0 fully saturated rings. The number of amides is 1. The summed E-state index contributed by atoms with van der Waals surface area (Å²) < 4.78 is 31.2. The zero-order valence-corrected chi connectivity index (χ0v) is 17.8. The van der Waals surface area contributed by atoms with Crippen LogP contribution in [-0.4, -0.2) is 54.3 Å². The monoisotopic (exact) mass is 440 g/mol. The smallest absolute Gasteiger partial charge is 0.414 e. The molecule has 2 heterocycles. The van der Waals surface area contributed by atoms with E-state index in [-0.39, 0.29) is 22.2 Å². The number of halogens is 1. The highest BCUT2D eigenvalue weighted by atomic mass is 35.5. The Morgan fingerprint density at radius 3 is 2.56 bits per heavy atom. The van der Waals surface area contributed by atoms with Gasteiger partial charge in [0.05, 0.1) is 15.7 Å². The van der Waals surface area contributed by atoms with E-state index in [2.05, 4.69) is 10.3 Å². The molecule has 0 saturated carbocycles. The zero-order chi connectivity index (χ0) is 20.8. The third-order valence-electron chi connectivity index (χ3n) is 3.53. The quantitative estimate of drug-likeness (QED) is 0.728. The molecule has 12 heteroatoms. The van der Waals surface area contributed by atoms with Crippen molar-refractivity contribution in [2.45, 2.75) is 38.8 Å². The van der Waals surface area contributed by atoms with Crippen molar-refractivity contribution in [3.8, 4) is 0 Å². The Labute approximate surface area is 167 Å².